The molecule has 0 aliphatic heterocycles. The average molecular weight is 358 g/mol. The highest BCUT2D eigenvalue weighted by Gasteiger charge is 2.27. The number of amides is 1. The summed E-state index contributed by atoms with van der Waals surface area (Å²) in [6.07, 6.45) is 0. The first-order chi connectivity index (χ1) is 11.7. The molecule has 2 N–H and O–H groups in total. The van der Waals surface area contributed by atoms with Gasteiger partial charge in [0.1, 0.15) is 4.70 Å². The highest BCUT2D eigenvalue weighted by molar-refractivity contribution is 7.22. The average Bonchev–Trinajstić information content (AvgIpc) is 3.04. The van der Waals surface area contributed by atoms with Crippen LogP contribution in [0, 0.1) is 6.92 Å². The van der Waals surface area contributed by atoms with Gasteiger partial charge in [0, 0.05) is 5.56 Å². The van der Waals surface area contributed by atoms with Gasteiger partial charge in [0.2, 0.25) is 0 Å². The second kappa shape index (κ2) is 5.96. The van der Waals surface area contributed by atoms with Crippen LogP contribution in [0.5, 0.6) is 0 Å². The van der Waals surface area contributed by atoms with Gasteiger partial charge in [-0.2, -0.15) is 10.1 Å². The second-order valence-electron chi connectivity index (χ2n) is 6.73. The normalized spacial score (nSPS) is 11.7. The number of aromatic carboxylic acids is 1. The molecule has 7 nitrogen and oxygen atoms in total. The first-order valence-electron chi connectivity index (χ1n) is 7.68. The van der Waals surface area contributed by atoms with Crippen LogP contribution < -0.4 is 5.32 Å². The van der Waals surface area contributed by atoms with Gasteiger partial charge in [-0.25, -0.2) is 9.48 Å². The number of nitrogens with zero attached hydrogens (tertiary/aromatic N) is 3. The molecule has 0 aliphatic carbocycles. The van der Waals surface area contributed by atoms with Crippen molar-refractivity contribution in [3.05, 3.63) is 41.1 Å². The van der Waals surface area contributed by atoms with E-state index >= 15 is 0 Å². The predicted molar refractivity (Wildman–Crippen MR) is 96.5 cm³/mol. The first kappa shape index (κ1) is 17.1. The molecule has 2 heterocycles. The summed E-state index contributed by atoms with van der Waals surface area (Å²) in [6.45, 7) is 7.68. The highest BCUT2D eigenvalue weighted by atomic mass is 32.1. The van der Waals surface area contributed by atoms with Gasteiger partial charge in [-0.1, -0.05) is 29.0 Å². The van der Waals surface area contributed by atoms with Crippen LogP contribution in [0.25, 0.3) is 10.3 Å². The molecule has 0 saturated heterocycles. The summed E-state index contributed by atoms with van der Waals surface area (Å²) in [6, 6.07) is 7.18. The molecule has 1 aromatic carbocycles. The monoisotopic (exact) mass is 358 g/mol. The molecule has 0 atom stereocenters. The Kier molecular flexibility index (Phi) is 4.08. The van der Waals surface area contributed by atoms with Crippen LogP contribution in [0.4, 0.5) is 5.13 Å². The van der Waals surface area contributed by atoms with E-state index in [0.717, 1.165) is 16.9 Å². The van der Waals surface area contributed by atoms with Crippen LogP contribution in [-0.4, -0.2) is 31.7 Å². The molecule has 0 spiro atoms. The van der Waals surface area contributed by atoms with Gasteiger partial charge >= 0.3 is 5.97 Å². The molecule has 0 bridgehead atoms. The van der Waals surface area contributed by atoms with Gasteiger partial charge < -0.3 is 5.11 Å². The molecule has 25 heavy (non-hydrogen) atoms. The Morgan fingerprint density at radius 1 is 1.20 bits per heavy atom. The van der Waals surface area contributed by atoms with Crippen molar-refractivity contribution in [3.8, 4) is 0 Å². The topological polar surface area (TPSA) is 97.1 Å². The van der Waals surface area contributed by atoms with E-state index in [-0.39, 0.29) is 11.6 Å². The molecule has 0 aliphatic rings. The summed E-state index contributed by atoms with van der Waals surface area (Å²) >= 11 is 1.11. The number of carbonyl (C=O) groups is 2. The molecule has 130 valence electrons. The molecule has 3 rings (SSSR count). The minimum atomic E-state index is -1.12. The Morgan fingerprint density at radius 2 is 1.84 bits per heavy atom. The van der Waals surface area contributed by atoms with E-state index in [9.17, 15) is 14.7 Å². The van der Waals surface area contributed by atoms with Crippen LogP contribution in [-0.2, 0) is 5.54 Å². The van der Waals surface area contributed by atoms with Gasteiger partial charge in [-0.3, -0.25) is 10.1 Å². The zero-order valence-corrected chi connectivity index (χ0v) is 15.1. The number of fused-ring (bicyclic) bond motifs is 1. The van der Waals surface area contributed by atoms with Crippen molar-refractivity contribution in [1.82, 2.24) is 14.8 Å². The number of carboxylic acid groups (broad SMARTS) is 1. The molecule has 3 aromatic rings. The van der Waals surface area contributed by atoms with Crippen molar-refractivity contribution in [2.45, 2.75) is 33.2 Å². The summed E-state index contributed by atoms with van der Waals surface area (Å²) in [5, 5.41) is 16.6. The largest absolute Gasteiger partial charge is 0.476 e. The molecular formula is C17H18N4O3S. The molecule has 1 amide bonds. The van der Waals surface area contributed by atoms with Crippen molar-refractivity contribution in [3.63, 3.8) is 0 Å². The van der Waals surface area contributed by atoms with E-state index in [1.165, 1.54) is 0 Å². The SMILES string of the molecule is Cc1ccc(C(=O)Nc2nc3c(s2)c(C(=O)O)nn3C(C)(C)C)cc1. The number of nitrogens with one attached hydrogen (secondary N) is 1. The number of aryl methyl sites for hydroxylation is 1. The fraction of sp³-hybridized carbons (Fsp3) is 0.294. The summed E-state index contributed by atoms with van der Waals surface area (Å²) in [5.74, 6) is -1.41. The minimum Gasteiger partial charge on any atom is -0.476 e. The fourth-order valence-electron chi connectivity index (χ4n) is 2.34. The van der Waals surface area contributed by atoms with Crippen LogP contribution in [0.2, 0.25) is 0 Å². The molecular weight excluding hydrogens is 340 g/mol. The van der Waals surface area contributed by atoms with E-state index < -0.39 is 11.5 Å². The lowest BCUT2D eigenvalue weighted by molar-refractivity contribution is 0.0690. The van der Waals surface area contributed by atoms with Crippen LogP contribution in [0.15, 0.2) is 24.3 Å². The summed E-state index contributed by atoms with van der Waals surface area (Å²) < 4.78 is 2.02. The standard InChI is InChI=1S/C17H18N4O3S/c1-9-5-7-10(8-6-9)14(22)19-16-18-13-12(25-16)11(15(23)24)20-21(13)17(2,3)4/h5-8H,1-4H3,(H,23,24)(H,18,19,22). The predicted octanol–water partition coefficient (Wildman–Crippen LogP) is 3.51. The van der Waals surface area contributed by atoms with Crippen molar-refractivity contribution in [2.24, 2.45) is 0 Å². The van der Waals surface area contributed by atoms with Crippen molar-refractivity contribution in [2.75, 3.05) is 5.32 Å². The number of thiazole rings is 1. The Morgan fingerprint density at radius 3 is 2.40 bits per heavy atom. The molecule has 0 fully saturated rings. The number of carboxylic acids is 1. The number of hydrogen-bond donors (Lipinski definition) is 2. The van der Waals surface area contributed by atoms with Gasteiger partial charge in [-0.15, -0.1) is 0 Å². The number of anilines is 1. The number of aromatic nitrogens is 3. The number of hydrogen-bond acceptors (Lipinski definition) is 5. The number of rotatable bonds is 3. The van der Waals surface area contributed by atoms with Crippen molar-refractivity contribution < 1.29 is 14.7 Å². The summed E-state index contributed by atoms with van der Waals surface area (Å²) in [7, 11) is 0. The lowest BCUT2D eigenvalue weighted by atomic mass is 10.1. The molecule has 0 radical (unpaired) electrons. The maximum atomic E-state index is 12.3. The second-order valence-corrected chi connectivity index (χ2v) is 7.73. The summed E-state index contributed by atoms with van der Waals surface area (Å²) in [4.78, 5) is 28.2. The van der Waals surface area contributed by atoms with E-state index in [4.69, 9.17) is 0 Å². The molecule has 0 unspecified atom stereocenters. The van der Waals surface area contributed by atoms with Gasteiger partial charge in [0.05, 0.1) is 5.54 Å². The lowest BCUT2D eigenvalue weighted by Crippen LogP contribution is -2.23. The van der Waals surface area contributed by atoms with Crippen LogP contribution in [0.1, 0.15) is 47.2 Å². The third kappa shape index (κ3) is 3.25. The summed E-state index contributed by atoms with van der Waals surface area (Å²) in [5.41, 5.74) is 1.54. The molecule has 0 saturated carbocycles. The maximum Gasteiger partial charge on any atom is 0.357 e. The number of benzene rings is 1. The molecule has 2 aromatic heterocycles. The quantitative estimate of drug-likeness (QED) is 0.747. The van der Waals surface area contributed by atoms with Crippen molar-refractivity contribution in [1.29, 1.82) is 0 Å². The highest BCUT2D eigenvalue weighted by Crippen LogP contribution is 2.32. The van der Waals surface area contributed by atoms with E-state index in [2.05, 4.69) is 15.4 Å². The zero-order valence-electron chi connectivity index (χ0n) is 14.3. The Hall–Kier alpha value is -2.74. The number of carbonyl (C=O) groups excluding carboxylic acids is 1. The first-order valence-corrected chi connectivity index (χ1v) is 8.50. The minimum absolute atomic E-state index is 0.0572. The Labute approximate surface area is 148 Å². The smallest absolute Gasteiger partial charge is 0.357 e. The van der Waals surface area contributed by atoms with Gasteiger partial charge in [0.15, 0.2) is 16.5 Å². The lowest BCUT2D eigenvalue weighted by Gasteiger charge is -2.19. The van der Waals surface area contributed by atoms with Gasteiger partial charge in [-0.05, 0) is 39.8 Å². The van der Waals surface area contributed by atoms with Gasteiger partial charge in [0.25, 0.3) is 5.91 Å². The van der Waals surface area contributed by atoms with Crippen LogP contribution >= 0.6 is 11.3 Å². The van der Waals surface area contributed by atoms with E-state index in [0.29, 0.717) is 21.0 Å². The third-order valence-electron chi connectivity index (χ3n) is 3.60. The Balaban J connectivity index is 1.99. The third-order valence-corrected chi connectivity index (χ3v) is 4.56. The fourth-order valence-corrected chi connectivity index (χ4v) is 3.26. The molecule has 8 heteroatoms. The Bertz CT molecular complexity index is 964. The van der Waals surface area contributed by atoms with E-state index in [1.54, 1.807) is 16.8 Å². The maximum absolute atomic E-state index is 12.3. The van der Waals surface area contributed by atoms with Crippen LogP contribution in [0.3, 0.4) is 0 Å². The zero-order chi connectivity index (χ0) is 18.4. The van der Waals surface area contributed by atoms with E-state index in [1.807, 2.05) is 39.8 Å². The van der Waals surface area contributed by atoms with Crippen molar-refractivity contribution >= 4 is 38.7 Å².